The predicted molar refractivity (Wildman–Crippen MR) is 67.3 cm³/mol. The molecule has 6 nitrogen and oxygen atoms in total. The predicted octanol–water partition coefficient (Wildman–Crippen LogP) is 0.400. The van der Waals surface area contributed by atoms with Gasteiger partial charge < -0.3 is 9.84 Å². The van der Waals surface area contributed by atoms with Gasteiger partial charge in [-0.25, -0.2) is 22.3 Å². The summed E-state index contributed by atoms with van der Waals surface area (Å²) in [5, 5.41) is 9.24. The first-order valence-electron chi connectivity index (χ1n) is 4.98. The van der Waals surface area contributed by atoms with E-state index < -0.39 is 39.4 Å². The second-order valence-electron chi connectivity index (χ2n) is 3.47. The number of rotatable bonds is 5. The summed E-state index contributed by atoms with van der Waals surface area (Å²) in [4.78, 5) is 10.3. The van der Waals surface area contributed by atoms with Crippen LogP contribution in [0.3, 0.4) is 0 Å². The highest BCUT2D eigenvalue weighted by molar-refractivity contribution is 9.10. The summed E-state index contributed by atoms with van der Waals surface area (Å²) in [5.74, 6) is -1.94. The van der Waals surface area contributed by atoms with Crippen molar-refractivity contribution in [3.8, 4) is 0 Å². The second kappa shape index (κ2) is 6.42. The molecule has 0 aliphatic heterocycles. The van der Waals surface area contributed by atoms with Gasteiger partial charge in [-0.1, -0.05) is 15.9 Å². The molecule has 1 aromatic rings. The fraction of sp³-hybridized carbons (Fsp3) is 0.300. The lowest BCUT2D eigenvalue weighted by Crippen LogP contribution is -2.37. The van der Waals surface area contributed by atoms with Gasteiger partial charge in [0.05, 0.1) is 7.11 Å². The summed E-state index contributed by atoms with van der Waals surface area (Å²) in [5.41, 5.74) is 0. The van der Waals surface area contributed by atoms with E-state index >= 15 is 0 Å². The highest BCUT2D eigenvalue weighted by atomic mass is 79.9. The molecule has 0 aromatic heterocycles. The Hall–Kier alpha value is -1.03. The van der Waals surface area contributed by atoms with Crippen molar-refractivity contribution in [1.29, 1.82) is 0 Å². The van der Waals surface area contributed by atoms with E-state index in [1.807, 2.05) is 4.72 Å². The quantitative estimate of drug-likeness (QED) is 0.745. The van der Waals surface area contributed by atoms with Crippen LogP contribution in [0.1, 0.15) is 0 Å². The molecule has 0 bridgehead atoms. The Balaban J connectivity index is 2.85. The van der Waals surface area contributed by atoms with Gasteiger partial charge in [0.2, 0.25) is 10.0 Å². The van der Waals surface area contributed by atoms with Crippen LogP contribution in [0.15, 0.2) is 27.6 Å². The molecule has 0 aliphatic carbocycles. The van der Waals surface area contributed by atoms with Crippen LogP contribution in [0.2, 0.25) is 0 Å². The molecule has 106 valence electrons. The molecule has 1 rings (SSSR count). The van der Waals surface area contributed by atoms with Gasteiger partial charge in [-0.3, -0.25) is 0 Å². The average Bonchev–Trinajstić information content (AvgIpc) is 2.34. The number of halogens is 2. The molecular formula is C10H11BrFNO5S. The van der Waals surface area contributed by atoms with Crippen molar-refractivity contribution >= 4 is 31.9 Å². The number of sulfonamides is 1. The molecule has 1 atom stereocenters. The largest absolute Gasteiger partial charge is 0.467 e. The van der Waals surface area contributed by atoms with E-state index in [1.165, 1.54) is 6.07 Å². The molecule has 19 heavy (non-hydrogen) atoms. The monoisotopic (exact) mass is 355 g/mol. The number of hydrogen-bond donors (Lipinski definition) is 2. The number of nitrogens with one attached hydrogen (secondary N) is 1. The molecule has 9 heteroatoms. The van der Waals surface area contributed by atoms with E-state index in [2.05, 4.69) is 20.7 Å². The van der Waals surface area contributed by atoms with Crippen molar-refractivity contribution in [3.05, 3.63) is 28.5 Å². The third kappa shape index (κ3) is 4.23. The summed E-state index contributed by atoms with van der Waals surface area (Å²) < 4.78 is 43.5. The first-order chi connectivity index (χ1) is 8.77. The molecule has 1 aromatic carbocycles. The van der Waals surface area contributed by atoms with Crippen LogP contribution in [0.25, 0.3) is 0 Å². The zero-order valence-electron chi connectivity index (χ0n) is 9.76. The van der Waals surface area contributed by atoms with Crippen molar-refractivity contribution in [2.45, 2.75) is 11.0 Å². The van der Waals surface area contributed by atoms with Gasteiger partial charge in [-0.05, 0) is 18.2 Å². The zero-order valence-corrected chi connectivity index (χ0v) is 12.2. The normalized spacial score (nSPS) is 13.1. The summed E-state index contributed by atoms with van der Waals surface area (Å²) in [6.45, 7) is -0.607. The van der Waals surface area contributed by atoms with Crippen LogP contribution in [-0.4, -0.2) is 39.3 Å². The van der Waals surface area contributed by atoms with Gasteiger partial charge in [0.15, 0.2) is 6.10 Å². The van der Waals surface area contributed by atoms with E-state index in [4.69, 9.17) is 0 Å². The number of aliphatic hydroxyl groups excluding tert-OH is 1. The van der Waals surface area contributed by atoms with Crippen molar-refractivity contribution in [2.24, 2.45) is 0 Å². The third-order valence-corrected chi connectivity index (χ3v) is 4.07. The minimum Gasteiger partial charge on any atom is -0.467 e. The van der Waals surface area contributed by atoms with E-state index in [-0.39, 0.29) is 0 Å². The smallest absolute Gasteiger partial charge is 0.336 e. The Morgan fingerprint density at radius 1 is 1.58 bits per heavy atom. The number of esters is 1. The summed E-state index contributed by atoms with van der Waals surface area (Å²) >= 11 is 3.00. The molecular weight excluding hydrogens is 345 g/mol. The molecule has 0 saturated carbocycles. The second-order valence-corrected chi connectivity index (χ2v) is 6.12. The van der Waals surface area contributed by atoms with Crippen molar-refractivity contribution in [3.63, 3.8) is 0 Å². The lowest BCUT2D eigenvalue weighted by atomic mass is 10.3. The fourth-order valence-electron chi connectivity index (χ4n) is 1.18. The molecule has 0 heterocycles. The van der Waals surface area contributed by atoms with E-state index in [0.717, 1.165) is 19.2 Å². The number of methoxy groups -OCH3 is 1. The minimum atomic E-state index is -4.16. The van der Waals surface area contributed by atoms with Gasteiger partial charge in [-0.15, -0.1) is 0 Å². The molecule has 0 spiro atoms. The standard InChI is InChI=1S/C10H11BrFNO5S/c1-18-10(15)8(14)5-13-19(16,17)9-3-2-6(11)4-7(9)12/h2-4,8,13-14H,5H2,1H3. The van der Waals surface area contributed by atoms with Crippen LogP contribution in [0, 0.1) is 5.82 Å². The van der Waals surface area contributed by atoms with E-state index in [1.54, 1.807) is 0 Å². The number of benzene rings is 1. The Bertz CT molecular complexity index is 577. The van der Waals surface area contributed by atoms with Gasteiger partial charge in [0.1, 0.15) is 10.7 Å². The Morgan fingerprint density at radius 2 is 2.21 bits per heavy atom. The summed E-state index contributed by atoms with van der Waals surface area (Å²) in [6, 6.07) is 3.41. The van der Waals surface area contributed by atoms with Gasteiger partial charge in [0.25, 0.3) is 0 Å². The van der Waals surface area contributed by atoms with Gasteiger partial charge in [-0.2, -0.15) is 0 Å². The summed E-state index contributed by atoms with van der Waals surface area (Å²) in [7, 11) is -3.11. The average molecular weight is 356 g/mol. The maximum Gasteiger partial charge on any atom is 0.336 e. The Labute approximate surface area is 117 Å². The molecule has 0 fully saturated rings. The SMILES string of the molecule is COC(=O)C(O)CNS(=O)(=O)c1ccc(Br)cc1F. The van der Waals surface area contributed by atoms with E-state index in [0.29, 0.717) is 4.47 Å². The Morgan fingerprint density at radius 3 is 2.74 bits per heavy atom. The fourth-order valence-corrected chi connectivity index (χ4v) is 2.61. The molecule has 0 aliphatic rings. The molecule has 0 radical (unpaired) electrons. The van der Waals surface area contributed by atoms with Crippen LogP contribution < -0.4 is 4.72 Å². The van der Waals surface area contributed by atoms with Crippen LogP contribution in [-0.2, 0) is 19.6 Å². The third-order valence-electron chi connectivity index (χ3n) is 2.12. The first kappa shape index (κ1) is 16.0. The van der Waals surface area contributed by atoms with E-state index in [9.17, 15) is 22.7 Å². The van der Waals surface area contributed by atoms with Gasteiger partial charge >= 0.3 is 5.97 Å². The minimum absolute atomic E-state index is 0.388. The first-order valence-corrected chi connectivity index (χ1v) is 7.26. The van der Waals surface area contributed by atoms with Crippen molar-refractivity contribution < 1.29 is 27.4 Å². The lowest BCUT2D eigenvalue weighted by Gasteiger charge is -2.11. The number of aliphatic hydroxyl groups is 1. The summed E-state index contributed by atoms with van der Waals surface area (Å²) in [6.07, 6.45) is -1.65. The molecule has 0 saturated heterocycles. The number of ether oxygens (including phenoxy) is 1. The maximum atomic E-state index is 13.5. The molecule has 0 amide bonds. The van der Waals surface area contributed by atoms with Crippen molar-refractivity contribution in [1.82, 2.24) is 4.72 Å². The number of carbonyl (C=O) groups is 1. The highest BCUT2D eigenvalue weighted by Gasteiger charge is 2.23. The van der Waals surface area contributed by atoms with Crippen LogP contribution >= 0.6 is 15.9 Å². The number of carbonyl (C=O) groups excluding carboxylic acids is 1. The van der Waals surface area contributed by atoms with Crippen LogP contribution in [0.5, 0.6) is 0 Å². The highest BCUT2D eigenvalue weighted by Crippen LogP contribution is 2.19. The zero-order chi connectivity index (χ0) is 14.6. The topological polar surface area (TPSA) is 92.7 Å². The molecule has 1 unspecified atom stereocenters. The Kier molecular flexibility index (Phi) is 5.41. The van der Waals surface area contributed by atoms with Crippen molar-refractivity contribution in [2.75, 3.05) is 13.7 Å². The maximum absolute atomic E-state index is 13.5. The lowest BCUT2D eigenvalue weighted by molar-refractivity contribution is -0.149. The number of hydrogen-bond acceptors (Lipinski definition) is 5. The van der Waals surface area contributed by atoms with Gasteiger partial charge in [0, 0.05) is 11.0 Å². The molecule has 2 N–H and O–H groups in total. The van der Waals surface area contributed by atoms with Crippen LogP contribution in [0.4, 0.5) is 4.39 Å².